The minimum atomic E-state index is -0.509. The van der Waals surface area contributed by atoms with Crippen molar-refractivity contribution in [1.82, 2.24) is 4.90 Å². The van der Waals surface area contributed by atoms with Crippen molar-refractivity contribution < 1.29 is 13.5 Å². The van der Waals surface area contributed by atoms with E-state index in [0.29, 0.717) is 5.69 Å². The topological polar surface area (TPSA) is 15.7 Å². The first kappa shape index (κ1) is 20.9. The van der Waals surface area contributed by atoms with Crippen LogP contribution >= 0.6 is 0 Å². The van der Waals surface area contributed by atoms with Gasteiger partial charge in [0, 0.05) is 38.3 Å². The van der Waals surface area contributed by atoms with Gasteiger partial charge in [-0.1, -0.05) is 51.9 Å². The highest BCUT2D eigenvalue weighted by Gasteiger charge is 2.21. The van der Waals surface area contributed by atoms with Crippen molar-refractivity contribution >= 4 is 5.69 Å². The van der Waals surface area contributed by atoms with Gasteiger partial charge in [0.1, 0.15) is 5.82 Å². The van der Waals surface area contributed by atoms with Gasteiger partial charge in [0.25, 0.3) is 0 Å². The maximum atomic E-state index is 14.2. The van der Waals surface area contributed by atoms with Crippen molar-refractivity contribution in [2.24, 2.45) is 0 Å². The molecule has 1 aromatic rings. The molecule has 2 rings (SSSR count). The number of anilines is 1. The standard InChI is InChI=1S/C21H34F2N2O/c1-3-4-5-6-7-8-9-10-11-24-12-14-25(15-13-24)20-16-19(23)21(26-2)17-18(20)22/h16-17H,3-15H2,1-2H3. The number of piperazine rings is 1. The van der Waals surface area contributed by atoms with Gasteiger partial charge in [-0.2, -0.15) is 0 Å². The SMILES string of the molecule is CCCCCCCCCCN1CCN(c2cc(F)c(OC)cc2F)CC1. The van der Waals surface area contributed by atoms with Crippen molar-refractivity contribution in [2.75, 3.05) is 44.7 Å². The van der Waals surface area contributed by atoms with Crippen LogP contribution in [0.4, 0.5) is 14.5 Å². The van der Waals surface area contributed by atoms with Gasteiger partial charge < -0.3 is 9.64 Å². The summed E-state index contributed by atoms with van der Waals surface area (Å²) < 4.78 is 32.9. The van der Waals surface area contributed by atoms with Crippen LogP contribution in [-0.4, -0.2) is 44.7 Å². The van der Waals surface area contributed by atoms with Crippen LogP contribution in [0.5, 0.6) is 5.75 Å². The molecule has 0 spiro atoms. The normalized spacial score (nSPS) is 15.5. The number of benzene rings is 1. The van der Waals surface area contributed by atoms with Gasteiger partial charge >= 0.3 is 0 Å². The molecule has 0 radical (unpaired) electrons. The van der Waals surface area contributed by atoms with Crippen molar-refractivity contribution in [3.05, 3.63) is 23.8 Å². The van der Waals surface area contributed by atoms with Gasteiger partial charge in [-0.15, -0.1) is 0 Å². The molecule has 0 amide bonds. The molecule has 148 valence electrons. The summed E-state index contributed by atoms with van der Waals surface area (Å²) in [7, 11) is 1.35. The highest BCUT2D eigenvalue weighted by atomic mass is 19.1. The molecule has 1 aromatic carbocycles. The maximum absolute atomic E-state index is 14.2. The van der Waals surface area contributed by atoms with Crippen molar-refractivity contribution in [3.63, 3.8) is 0 Å². The highest BCUT2D eigenvalue weighted by molar-refractivity contribution is 5.51. The van der Waals surface area contributed by atoms with Crippen LogP contribution in [0.15, 0.2) is 12.1 Å². The molecule has 1 heterocycles. The number of nitrogens with zero attached hydrogens (tertiary/aromatic N) is 2. The van der Waals surface area contributed by atoms with Crippen LogP contribution in [-0.2, 0) is 0 Å². The highest BCUT2D eigenvalue weighted by Crippen LogP contribution is 2.28. The van der Waals surface area contributed by atoms with E-state index in [1.54, 1.807) is 0 Å². The molecule has 0 aromatic heterocycles. The number of halogens is 2. The Kier molecular flexibility index (Phi) is 9.16. The third kappa shape index (κ3) is 6.42. The van der Waals surface area contributed by atoms with E-state index in [4.69, 9.17) is 4.74 Å². The second kappa shape index (κ2) is 11.4. The fraction of sp³-hybridized carbons (Fsp3) is 0.714. The minimum Gasteiger partial charge on any atom is -0.494 e. The van der Waals surface area contributed by atoms with Crippen LogP contribution in [0.25, 0.3) is 0 Å². The van der Waals surface area contributed by atoms with Gasteiger partial charge in [0.2, 0.25) is 0 Å². The Bertz CT molecular complexity index is 531. The zero-order chi connectivity index (χ0) is 18.8. The maximum Gasteiger partial charge on any atom is 0.167 e. The van der Waals surface area contributed by atoms with Gasteiger partial charge in [0.05, 0.1) is 12.8 Å². The van der Waals surface area contributed by atoms with E-state index in [0.717, 1.165) is 38.8 Å². The minimum absolute atomic E-state index is 0.0421. The van der Waals surface area contributed by atoms with E-state index < -0.39 is 11.6 Å². The molecule has 0 bridgehead atoms. The second-order valence-corrected chi connectivity index (χ2v) is 7.24. The van der Waals surface area contributed by atoms with Crippen LogP contribution in [0.2, 0.25) is 0 Å². The zero-order valence-corrected chi connectivity index (χ0v) is 16.4. The number of unbranched alkanes of at least 4 members (excludes halogenated alkanes) is 7. The van der Waals surface area contributed by atoms with Gasteiger partial charge in [-0.3, -0.25) is 4.90 Å². The monoisotopic (exact) mass is 368 g/mol. The quantitative estimate of drug-likeness (QED) is 0.497. The molecule has 0 aliphatic carbocycles. The molecule has 26 heavy (non-hydrogen) atoms. The number of hydrogen-bond acceptors (Lipinski definition) is 3. The summed E-state index contributed by atoms with van der Waals surface area (Å²) in [5, 5.41) is 0. The van der Waals surface area contributed by atoms with Crippen LogP contribution in [0.1, 0.15) is 58.3 Å². The molecular weight excluding hydrogens is 334 g/mol. The number of ether oxygens (including phenoxy) is 1. The summed E-state index contributed by atoms with van der Waals surface area (Å²) in [6, 6.07) is 2.39. The molecule has 5 heteroatoms. The lowest BCUT2D eigenvalue weighted by Crippen LogP contribution is -2.47. The Morgan fingerprint density at radius 3 is 2.08 bits per heavy atom. The van der Waals surface area contributed by atoms with Gasteiger partial charge in [-0.05, 0) is 13.0 Å². The van der Waals surface area contributed by atoms with Gasteiger partial charge in [-0.25, -0.2) is 8.78 Å². The van der Waals surface area contributed by atoms with E-state index in [1.807, 2.05) is 4.90 Å². The molecule has 1 aliphatic heterocycles. The van der Waals surface area contributed by atoms with E-state index in [-0.39, 0.29) is 5.75 Å². The average Bonchev–Trinajstić information content (AvgIpc) is 2.66. The first-order valence-corrected chi connectivity index (χ1v) is 10.2. The molecule has 0 unspecified atom stereocenters. The summed E-state index contributed by atoms with van der Waals surface area (Å²) in [6.07, 6.45) is 10.6. The predicted molar refractivity (Wildman–Crippen MR) is 104 cm³/mol. The van der Waals surface area contributed by atoms with Crippen LogP contribution in [0.3, 0.4) is 0 Å². The van der Waals surface area contributed by atoms with Crippen molar-refractivity contribution in [3.8, 4) is 5.75 Å². The van der Waals surface area contributed by atoms with Crippen LogP contribution in [0, 0.1) is 11.6 Å². The molecule has 0 N–H and O–H groups in total. The Balaban J connectivity index is 1.65. The molecule has 0 saturated carbocycles. The van der Waals surface area contributed by atoms with E-state index in [2.05, 4.69) is 11.8 Å². The third-order valence-electron chi connectivity index (χ3n) is 5.26. The molecule has 1 fully saturated rings. The second-order valence-electron chi connectivity index (χ2n) is 7.24. The lowest BCUT2D eigenvalue weighted by atomic mass is 10.1. The lowest BCUT2D eigenvalue weighted by molar-refractivity contribution is 0.251. The van der Waals surface area contributed by atoms with Gasteiger partial charge in [0.15, 0.2) is 11.6 Å². The number of hydrogen-bond donors (Lipinski definition) is 0. The number of methoxy groups -OCH3 is 1. The summed E-state index contributed by atoms with van der Waals surface area (Å²) in [5.41, 5.74) is 0.343. The Hall–Kier alpha value is -1.36. The predicted octanol–water partition coefficient (Wildman–Crippen LogP) is 5.24. The first-order valence-electron chi connectivity index (χ1n) is 10.2. The van der Waals surface area contributed by atoms with E-state index >= 15 is 0 Å². The largest absolute Gasteiger partial charge is 0.494 e. The summed E-state index contributed by atoms with van der Waals surface area (Å²) in [6.45, 7) is 6.65. The van der Waals surface area contributed by atoms with Crippen molar-refractivity contribution in [1.29, 1.82) is 0 Å². The lowest BCUT2D eigenvalue weighted by Gasteiger charge is -2.36. The Morgan fingerprint density at radius 1 is 0.846 bits per heavy atom. The Labute approximate surface area is 157 Å². The summed E-state index contributed by atoms with van der Waals surface area (Å²) >= 11 is 0. The van der Waals surface area contributed by atoms with Crippen LogP contribution < -0.4 is 9.64 Å². The molecule has 0 atom stereocenters. The van der Waals surface area contributed by atoms with Crippen molar-refractivity contribution in [2.45, 2.75) is 58.3 Å². The van der Waals surface area contributed by atoms with E-state index in [9.17, 15) is 8.78 Å². The average molecular weight is 369 g/mol. The molecular formula is C21H34F2N2O. The zero-order valence-electron chi connectivity index (χ0n) is 16.4. The summed E-state index contributed by atoms with van der Waals surface area (Å²) in [4.78, 5) is 4.37. The smallest absolute Gasteiger partial charge is 0.167 e. The van der Waals surface area contributed by atoms with E-state index in [1.165, 1.54) is 64.5 Å². The fourth-order valence-electron chi connectivity index (χ4n) is 3.60. The molecule has 1 aliphatic rings. The number of rotatable bonds is 11. The molecule has 3 nitrogen and oxygen atoms in total. The fourth-order valence-corrected chi connectivity index (χ4v) is 3.60. The third-order valence-corrected chi connectivity index (χ3v) is 5.26. The summed E-state index contributed by atoms with van der Waals surface area (Å²) in [5.74, 6) is -0.968. The molecule has 1 saturated heterocycles. The first-order chi connectivity index (χ1) is 12.7. The Morgan fingerprint density at radius 2 is 1.46 bits per heavy atom.